The van der Waals surface area contributed by atoms with Crippen LogP contribution in [0.5, 0.6) is 0 Å². The highest BCUT2D eigenvalue weighted by atomic mass is 19.4. The number of likely N-dealkylation sites (N-methyl/N-ethyl adjacent to an activating group) is 1. The van der Waals surface area contributed by atoms with Crippen molar-refractivity contribution in [2.24, 2.45) is 0 Å². The molecule has 0 saturated carbocycles. The minimum absolute atomic E-state index is 0.147. The summed E-state index contributed by atoms with van der Waals surface area (Å²) in [4.78, 5) is 16.2. The molecule has 1 aromatic carbocycles. The van der Waals surface area contributed by atoms with Crippen LogP contribution >= 0.6 is 0 Å². The lowest BCUT2D eigenvalue weighted by atomic mass is 9.89. The van der Waals surface area contributed by atoms with Crippen molar-refractivity contribution >= 4 is 11.7 Å². The summed E-state index contributed by atoms with van der Waals surface area (Å²) in [6.45, 7) is 3.49. The monoisotopic (exact) mass is 357 g/mol. The van der Waals surface area contributed by atoms with E-state index >= 15 is 0 Å². The van der Waals surface area contributed by atoms with Crippen LogP contribution in [0.4, 0.5) is 23.7 Å². The zero-order valence-electron chi connectivity index (χ0n) is 14.1. The number of benzene rings is 1. The maximum atomic E-state index is 12.8. The molecule has 2 fully saturated rings. The van der Waals surface area contributed by atoms with Crippen molar-refractivity contribution in [3.63, 3.8) is 0 Å². The fourth-order valence-corrected chi connectivity index (χ4v) is 3.43. The van der Waals surface area contributed by atoms with Crippen LogP contribution in [0.15, 0.2) is 24.3 Å². The smallest absolute Gasteiger partial charge is 0.372 e. The SMILES string of the molecule is CN1CCOC2(CCN(C(=O)Nc3cccc(C(F)(F)F)c3)CC2)C1. The zero-order valence-corrected chi connectivity index (χ0v) is 14.1. The lowest BCUT2D eigenvalue weighted by Crippen LogP contribution is -2.57. The van der Waals surface area contributed by atoms with Crippen molar-refractivity contribution in [1.82, 2.24) is 9.80 Å². The third-order valence-electron chi connectivity index (χ3n) is 4.84. The van der Waals surface area contributed by atoms with E-state index in [2.05, 4.69) is 17.3 Å². The molecule has 138 valence electrons. The first kappa shape index (κ1) is 18.0. The molecular formula is C17H22F3N3O2. The number of halogens is 3. The second kappa shape index (κ2) is 6.84. The average molecular weight is 357 g/mol. The second-order valence-corrected chi connectivity index (χ2v) is 6.77. The van der Waals surface area contributed by atoms with Gasteiger partial charge in [-0.2, -0.15) is 13.2 Å². The normalized spacial score (nSPS) is 21.4. The first-order valence-corrected chi connectivity index (χ1v) is 8.33. The van der Waals surface area contributed by atoms with Crippen LogP contribution in [0.3, 0.4) is 0 Å². The zero-order chi connectivity index (χ0) is 18.1. The molecule has 2 amide bonds. The van der Waals surface area contributed by atoms with Gasteiger partial charge in [0, 0.05) is 31.9 Å². The maximum absolute atomic E-state index is 12.8. The molecule has 1 N–H and O–H groups in total. The van der Waals surface area contributed by atoms with E-state index in [9.17, 15) is 18.0 Å². The molecule has 2 heterocycles. The minimum atomic E-state index is -4.43. The van der Waals surface area contributed by atoms with E-state index in [1.807, 2.05) is 0 Å². The van der Waals surface area contributed by atoms with E-state index in [1.54, 1.807) is 4.90 Å². The number of hydrogen-bond acceptors (Lipinski definition) is 3. The predicted molar refractivity (Wildman–Crippen MR) is 87.4 cm³/mol. The Morgan fingerprint density at radius 1 is 1.24 bits per heavy atom. The molecule has 0 aliphatic carbocycles. The summed E-state index contributed by atoms with van der Waals surface area (Å²) >= 11 is 0. The van der Waals surface area contributed by atoms with Crippen LogP contribution in [0.1, 0.15) is 18.4 Å². The van der Waals surface area contributed by atoms with Gasteiger partial charge in [0.2, 0.25) is 0 Å². The van der Waals surface area contributed by atoms with Gasteiger partial charge < -0.3 is 19.9 Å². The van der Waals surface area contributed by atoms with E-state index in [-0.39, 0.29) is 17.3 Å². The fourth-order valence-electron chi connectivity index (χ4n) is 3.43. The Hall–Kier alpha value is -1.80. The number of amides is 2. The van der Waals surface area contributed by atoms with Crippen LogP contribution < -0.4 is 5.32 Å². The van der Waals surface area contributed by atoms with Crippen molar-refractivity contribution in [2.45, 2.75) is 24.6 Å². The van der Waals surface area contributed by atoms with Crippen molar-refractivity contribution in [3.8, 4) is 0 Å². The number of piperidine rings is 1. The van der Waals surface area contributed by atoms with Crippen LogP contribution in [-0.4, -0.2) is 61.3 Å². The van der Waals surface area contributed by atoms with Gasteiger partial charge in [-0.1, -0.05) is 6.07 Å². The van der Waals surface area contributed by atoms with Gasteiger partial charge in [-0.15, -0.1) is 0 Å². The van der Waals surface area contributed by atoms with E-state index in [0.717, 1.165) is 38.1 Å². The number of hydrogen-bond donors (Lipinski definition) is 1. The number of rotatable bonds is 1. The molecule has 0 atom stereocenters. The van der Waals surface area contributed by atoms with Crippen LogP contribution in [0.2, 0.25) is 0 Å². The van der Waals surface area contributed by atoms with Gasteiger partial charge in [-0.25, -0.2) is 4.79 Å². The highest BCUT2D eigenvalue weighted by molar-refractivity contribution is 5.89. The summed E-state index contributed by atoms with van der Waals surface area (Å²) in [7, 11) is 2.05. The summed E-state index contributed by atoms with van der Waals surface area (Å²) in [5.41, 5.74) is -0.838. The van der Waals surface area contributed by atoms with Gasteiger partial charge in [0.25, 0.3) is 0 Å². The third-order valence-corrected chi connectivity index (χ3v) is 4.84. The fraction of sp³-hybridized carbons (Fsp3) is 0.588. The lowest BCUT2D eigenvalue weighted by molar-refractivity contribution is -0.137. The second-order valence-electron chi connectivity index (χ2n) is 6.77. The van der Waals surface area contributed by atoms with E-state index in [1.165, 1.54) is 12.1 Å². The molecule has 0 aromatic heterocycles. The minimum Gasteiger partial charge on any atom is -0.372 e. The molecule has 2 aliphatic rings. The molecule has 25 heavy (non-hydrogen) atoms. The summed E-state index contributed by atoms with van der Waals surface area (Å²) in [6, 6.07) is 4.30. The summed E-state index contributed by atoms with van der Waals surface area (Å²) < 4.78 is 44.2. The Morgan fingerprint density at radius 2 is 1.96 bits per heavy atom. The summed E-state index contributed by atoms with van der Waals surface area (Å²) in [5.74, 6) is 0. The Labute approximate surface area is 144 Å². The molecule has 0 unspecified atom stereocenters. The topological polar surface area (TPSA) is 44.8 Å². The molecule has 3 rings (SSSR count). The molecule has 2 aliphatic heterocycles. The number of morpholine rings is 1. The number of nitrogens with zero attached hydrogens (tertiary/aromatic N) is 2. The molecule has 1 spiro atoms. The number of anilines is 1. The molecule has 0 bridgehead atoms. The third kappa shape index (κ3) is 4.24. The van der Waals surface area contributed by atoms with Gasteiger partial charge in [-0.05, 0) is 38.1 Å². The van der Waals surface area contributed by atoms with Crippen molar-refractivity contribution in [1.29, 1.82) is 0 Å². The number of carbonyl (C=O) groups is 1. The maximum Gasteiger partial charge on any atom is 0.416 e. The first-order valence-electron chi connectivity index (χ1n) is 8.33. The van der Waals surface area contributed by atoms with E-state index in [4.69, 9.17) is 4.74 Å². The summed E-state index contributed by atoms with van der Waals surface area (Å²) in [6.07, 6.45) is -2.97. The Balaban J connectivity index is 1.58. The molecule has 0 radical (unpaired) electrons. The van der Waals surface area contributed by atoms with E-state index in [0.29, 0.717) is 19.7 Å². The number of carbonyl (C=O) groups excluding carboxylic acids is 1. The van der Waals surface area contributed by atoms with Crippen LogP contribution in [-0.2, 0) is 10.9 Å². The van der Waals surface area contributed by atoms with Crippen molar-refractivity contribution < 1.29 is 22.7 Å². The van der Waals surface area contributed by atoms with Gasteiger partial charge in [0.05, 0.1) is 17.8 Å². The Morgan fingerprint density at radius 3 is 2.60 bits per heavy atom. The molecule has 5 nitrogen and oxygen atoms in total. The Kier molecular flexibility index (Phi) is 4.92. The van der Waals surface area contributed by atoms with Gasteiger partial charge in [0.15, 0.2) is 0 Å². The van der Waals surface area contributed by atoms with Crippen LogP contribution in [0, 0.1) is 0 Å². The number of nitrogens with one attached hydrogen (secondary N) is 1. The van der Waals surface area contributed by atoms with Crippen LogP contribution in [0.25, 0.3) is 0 Å². The highest BCUT2D eigenvalue weighted by Crippen LogP contribution is 2.32. The van der Waals surface area contributed by atoms with Crippen molar-refractivity contribution in [2.75, 3.05) is 45.2 Å². The molecule has 2 saturated heterocycles. The Bertz CT molecular complexity index is 628. The molecular weight excluding hydrogens is 335 g/mol. The number of alkyl halides is 3. The lowest BCUT2D eigenvalue weighted by Gasteiger charge is -2.46. The largest absolute Gasteiger partial charge is 0.416 e. The summed E-state index contributed by atoms with van der Waals surface area (Å²) in [5, 5.41) is 2.56. The molecule has 1 aromatic rings. The van der Waals surface area contributed by atoms with Gasteiger partial charge in [0.1, 0.15) is 0 Å². The first-order chi connectivity index (χ1) is 11.8. The number of ether oxygens (including phenoxy) is 1. The quantitative estimate of drug-likeness (QED) is 0.840. The predicted octanol–water partition coefficient (Wildman–Crippen LogP) is 3.03. The van der Waals surface area contributed by atoms with Gasteiger partial charge >= 0.3 is 12.2 Å². The average Bonchev–Trinajstić information content (AvgIpc) is 2.55. The highest BCUT2D eigenvalue weighted by Gasteiger charge is 2.39. The van der Waals surface area contributed by atoms with E-state index < -0.39 is 11.7 Å². The standard InChI is InChI=1S/C17H22F3N3O2/c1-22-9-10-25-16(12-22)5-7-23(8-6-16)15(24)21-14-4-2-3-13(11-14)17(18,19)20/h2-4,11H,5-10,12H2,1H3,(H,21,24). The number of likely N-dealkylation sites (tertiary alicyclic amines) is 1. The molecule has 8 heteroatoms. The van der Waals surface area contributed by atoms with Gasteiger partial charge in [-0.3, -0.25) is 0 Å². The van der Waals surface area contributed by atoms with Crippen molar-refractivity contribution in [3.05, 3.63) is 29.8 Å². The number of urea groups is 1.